The lowest BCUT2D eigenvalue weighted by Gasteiger charge is -2.08. The monoisotopic (exact) mass is 412 g/mol. The van der Waals surface area contributed by atoms with Gasteiger partial charge in [0.15, 0.2) is 22.5 Å². The van der Waals surface area contributed by atoms with Gasteiger partial charge in [0.05, 0.1) is 12.9 Å². The van der Waals surface area contributed by atoms with Gasteiger partial charge in [-0.3, -0.25) is 4.79 Å². The number of hydrogen-bond acceptors (Lipinski definition) is 7. The molecule has 8 nitrogen and oxygen atoms in total. The second kappa shape index (κ2) is 8.44. The van der Waals surface area contributed by atoms with Crippen LogP contribution < -0.4 is 19.5 Å². The summed E-state index contributed by atoms with van der Waals surface area (Å²) < 4.78 is 17.9. The van der Waals surface area contributed by atoms with Gasteiger partial charge in [0.25, 0.3) is 0 Å². The lowest BCUT2D eigenvalue weighted by Crippen LogP contribution is -2.14. The Kier molecular flexibility index (Phi) is 5.57. The van der Waals surface area contributed by atoms with Gasteiger partial charge in [0.2, 0.25) is 12.7 Å². The third kappa shape index (κ3) is 4.14. The molecule has 9 heteroatoms. The molecule has 1 N–H and O–H groups in total. The Bertz CT molecular complexity index is 1020. The van der Waals surface area contributed by atoms with Gasteiger partial charge in [0, 0.05) is 17.8 Å². The number of carbonyl (C=O) groups excluding carboxylic acids is 1. The first kappa shape index (κ1) is 19.1. The lowest BCUT2D eigenvalue weighted by molar-refractivity contribution is -0.113. The van der Waals surface area contributed by atoms with E-state index >= 15 is 0 Å². The molecule has 2 aromatic carbocycles. The van der Waals surface area contributed by atoms with Crippen LogP contribution in [-0.2, 0) is 11.3 Å². The largest absolute Gasteiger partial charge is 0.497 e. The van der Waals surface area contributed by atoms with Crippen molar-refractivity contribution in [2.24, 2.45) is 0 Å². The minimum Gasteiger partial charge on any atom is -0.497 e. The summed E-state index contributed by atoms with van der Waals surface area (Å²) in [5.41, 5.74) is 1.60. The number of benzene rings is 2. The summed E-state index contributed by atoms with van der Waals surface area (Å²) in [6, 6.07) is 12.9. The Morgan fingerprint density at radius 1 is 1.17 bits per heavy atom. The first-order valence-electron chi connectivity index (χ1n) is 9.08. The average Bonchev–Trinajstić information content (AvgIpc) is 3.38. The molecule has 1 aromatic heterocycles. The van der Waals surface area contributed by atoms with Crippen LogP contribution in [0.1, 0.15) is 6.92 Å². The van der Waals surface area contributed by atoms with Gasteiger partial charge in [-0.15, -0.1) is 10.2 Å². The van der Waals surface area contributed by atoms with E-state index in [9.17, 15) is 4.79 Å². The molecule has 0 spiro atoms. The van der Waals surface area contributed by atoms with Crippen LogP contribution in [0.5, 0.6) is 17.2 Å². The molecule has 1 aliphatic rings. The van der Waals surface area contributed by atoms with Crippen molar-refractivity contribution >= 4 is 23.4 Å². The zero-order valence-electron chi connectivity index (χ0n) is 16.0. The second-order valence-electron chi connectivity index (χ2n) is 6.18. The van der Waals surface area contributed by atoms with E-state index in [1.54, 1.807) is 31.4 Å². The fourth-order valence-corrected chi connectivity index (χ4v) is 3.73. The summed E-state index contributed by atoms with van der Waals surface area (Å²) in [7, 11) is 1.60. The van der Waals surface area contributed by atoms with Crippen LogP contribution >= 0.6 is 11.8 Å². The standard InChI is InChI=1S/C20H20N4O4S/c1-3-24-19(13-4-9-16-17(10-13)28-12-27-16)22-23-20(24)29-11-18(25)21-14-5-7-15(26-2)8-6-14/h4-10H,3,11-12H2,1-2H3,(H,21,25). The highest BCUT2D eigenvalue weighted by Gasteiger charge is 2.19. The number of thioether (sulfide) groups is 1. The minimum absolute atomic E-state index is 0.115. The fourth-order valence-electron chi connectivity index (χ4n) is 2.93. The zero-order valence-corrected chi connectivity index (χ0v) is 16.9. The Morgan fingerprint density at radius 2 is 1.97 bits per heavy atom. The van der Waals surface area contributed by atoms with E-state index in [0.29, 0.717) is 17.5 Å². The van der Waals surface area contributed by atoms with Crippen molar-refractivity contribution in [3.8, 4) is 28.6 Å². The number of carbonyl (C=O) groups is 1. The van der Waals surface area contributed by atoms with Gasteiger partial charge in [-0.05, 0) is 49.4 Å². The van der Waals surface area contributed by atoms with Crippen LogP contribution in [0.15, 0.2) is 47.6 Å². The van der Waals surface area contributed by atoms with Gasteiger partial charge in [-0.1, -0.05) is 11.8 Å². The molecule has 2 heterocycles. The molecule has 150 valence electrons. The van der Waals surface area contributed by atoms with Crippen LogP contribution in [0.2, 0.25) is 0 Å². The van der Waals surface area contributed by atoms with E-state index in [-0.39, 0.29) is 18.5 Å². The molecule has 0 radical (unpaired) electrons. The number of ether oxygens (including phenoxy) is 3. The van der Waals surface area contributed by atoms with E-state index in [1.807, 2.05) is 29.7 Å². The first-order valence-corrected chi connectivity index (χ1v) is 10.1. The molecule has 0 saturated carbocycles. The van der Waals surface area contributed by atoms with Crippen molar-refractivity contribution in [1.82, 2.24) is 14.8 Å². The number of amides is 1. The molecular formula is C20H20N4O4S. The van der Waals surface area contributed by atoms with Crippen LogP contribution in [0.25, 0.3) is 11.4 Å². The summed E-state index contributed by atoms with van der Waals surface area (Å²) in [5, 5.41) is 12.1. The highest BCUT2D eigenvalue weighted by molar-refractivity contribution is 7.99. The fraction of sp³-hybridized carbons (Fsp3) is 0.250. The number of fused-ring (bicyclic) bond motifs is 1. The zero-order chi connectivity index (χ0) is 20.2. The van der Waals surface area contributed by atoms with E-state index in [2.05, 4.69) is 15.5 Å². The van der Waals surface area contributed by atoms with Crippen LogP contribution in [-0.4, -0.2) is 40.3 Å². The third-order valence-corrected chi connectivity index (χ3v) is 5.34. The van der Waals surface area contributed by atoms with E-state index in [0.717, 1.165) is 28.6 Å². The van der Waals surface area contributed by atoms with Crippen LogP contribution in [0, 0.1) is 0 Å². The maximum absolute atomic E-state index is 12.3. The first-order chi connectivity index (χ1) is 14.2. The maximum Gasteiger partial charge on any atom is 0.234 e. The molecule has 0 atom stereocenters. The normalized spacial score (nSPS) is 12.1. The molecule has 0 aliphatic carbocycles. The van der Waals surface area contributed by atoms with Crippen molar-refractivity contribution in [1.29, 1.82) is 0 Å². The Labute approximate surface area is 172 Å². The van der Waals surface area contributed by atoms with Crippen LogP contribution in [0.3, 0.4) is 0 Å². The average molecular weight is 412 g/mol. The van der Waals surface area contributed by atoms with Gasteiger partial charge in [0.1, 0.15) is 5.75 Å². The highest BCUT2D eigenvalue weighted by atomic mass is 32.2. The lowest BCUT2D eigenvalue weighted by atomic mass is 10.2. The third-order valence-electron chi connectivity index (χ3n) is 4.37. The summed E-state index contributed by atoms with van der Waals surface area (Å²) in [6.45, 7) is 2.92. The molecule has 0 bridgehead atoms. The summed E-state index contributed by atoms with van der Waals surface area (Å²) in [4.78, 5) is 12.3. The predicted octanol–water partition coefficient (Wildman–Crippen LogP) is 3.43. The number of hydrogen-bond donors (Lipinski definition) is 1. The number of anilines is 1. The topological polar surface area (TPSA) is 87.5 Å². The maximum atomic E-state index is 12.3. The molecule has 0 fully saturated rings. The number of methoxy groups -OCH3 is 1. The van der Waals surface area contributed by atoms with E-state index in [1.165, 1.54) is 11.8 Å². The Balaban J connectivity index is 1.43. The molecule has 0 saturated heterocycles. The molecular weight excluding hydrogens is 392 g/mol. The molecule has 3 aromatic rings. The Morgan fingerprint density at radius 3 is 2.72 bits per heavy atom. The van der Waals surface area contributed by atoms with E-state index in [4.69, 9.17) is 14.2 Å². The predicted molar refractivity (Wildman–Crippen MR) is 110 cm³/mol. The van der Waals surface area contributed by atoms with Crippen molar-refractivity contribution in [2.75, 3.05) is 25.0 Å². The molecule has 29 heavy (non-hydrogen) atoms. The molecule has 1 aliphatic heterocycles. The van der Waals surface area contributed by atoms with Gasteiger partial charge in [-0.2, -0.15) is 0 Å². The van der Waals surface area contributed by atoms with Crippen molar-refractivity contribution in [2.45, 2.75) is 18.6 Å². The number of nitrogens with one attached hydrogen (secondary N) is 1. The van der Waals surface area contributed by atoms with Gasteiger partial charge < -0.3 is 24.1 Å². The van der Waals surface area contributed by atoms with Gasteiger partial charge in [-0.25, -0.2) is 0 Å². The summed E-state index contributed by atoms with van der Waals surface area (Å²) >= 11 is 1.34. The summed E-state index contributed by atoms with van der Waals surface area (Å²) in [6.07, 6.45) is 0. The molecule has 4 rings (SSSR count). The smallest absolute Gasteiger partial charge is 0.234 e. The van der Waals surface area contributed by atoms with E-state index < -0.39 is 0 Å². The highest BCUT2D eigenvalue weighted by Crippen LogP contribution is 2.36. The molecule has 1 amide bonds. The van der Waals surface area contributed by atoms with Crippen molar-refractivity contribution in [3.05, 3.63) is 42.5 Å². The second-order valence-corrected chi connectivity index (χ2v) is 7.13. The van der Waals surface area contributed by atoms with Crippen LogP contribution in [0.4, 0.5) is 5.69 Å². The summed E-state index contributed by atoms with van der Waals surface area (Å²) in [5.74, 6) is 3.00. The van der Waals surface area contributed by atoms with Crippen molar-refractivity contribution in [3.63, 3.8) is 0 Å². The quantitative estimate of drug-likeness (QED) is 0.595. The number of aromatic nitrogens is 3. The molecule has 0 unspecified atom stereocenters. The van der Waals surface area contributed by atoms with Crippen molar-refractivity contribution < 1.29 is 19.0 Å². The Hall–Kier alpha value is -3.20. The van der Waals surface area contributed by atoms with Gasteiger partial charge >= 0.3 is 0 Å². The number of nitrogens with zero attached hydrogens (tertiary/aromatic N) is 3. The number of rotatable bonds is 7. The minimum atomic E-state index is -0.115. The SMILES string of the molecule is CCn1c(SCC(=O)Nc2ccc(OC)cc2)nnc1-c1ccc2c(c1)OCO2.